The molecule has 2 atom stereocenters. The van der Waals surface area contributed by atoms with Gasteiger partial charge < -0.3 is 9.80 Å². The lowest BCUT2D eigenvalue weighted by atomic mass is 9.93. The van der Waals surface area contributed by atoms with Crippen molar-refractivity contribution in [2.24, 2.45) is 0 Å². The van der Waals surface area contributed by atoms with E-state index in [0.29, 0.717) is 23.1 Å². The smallest absolute Gasteiger partial charge is 0.238 e. The number of hydrogen-bond donors (Lipinski definition) is 0. The molecule has 0 saturated carbocycles. The van der Waals surface area contributed by atoms with Gasteiger partial charge in [0, 0.05) is 41.6 Å². The molecule has 1 fully saturated rings. The van der Waals surface area contributed by atoms with E-state index in [4.69, 9.17) is 23.2 Å². The average Bonchev–Trinajstić information content (AvgIpc) is 2.68. The molecule has 27 heavy (non-hydrogen) atoms. The maximum Gasteiger partial charge on any atom is 0.238 e. The van der Waals surface area contributed by atoms with Gasteiger partial charge in [-0.25, -0.2) is 0 Å². The Balaban J connectivity index is 1.52. The van der Waals surface area contributed by atoms with E-state index in [1.54, 1.807) is 24.0 Å². The summed E-state index contributed by atoms with van der Waals surface area (Å²) in [6, 6.07) is 7.69. The number of halogens is 2. The van der Waals surface area contributed by atoms with E-state index < -0.39 is 0 Å². The molecule has 7 heteroatoms. The van der Waals surface area contributed by atoms with Crippen molar-refractivity contribution in [3.63, 3.8) is 0 Å². The van der Waals surface area contributed by atoms with Crippen LogP contribution < -0.4 is 4.90 Å². The molecular formula is C20H21Cl2N3OS. The molecule has 142 valence electrons. The van der Waals surface area contributed by atoms with Gasteiger partial charge in [-0.1, -0.05) is 23.2 Å². The highest BCUT2D eigenvalue weighted by Crippen LogP contribution is 2.38. The summed E-state index contributed by atoms with van der Waals surface area (Å²) in [4.78, 5) is 21.8. The van der Waals surface area contributed by atoms with Crippen LogP contribution in [0.1, 0.15) is 24.1 Å². The van der Waals surface area contributed by atoms with E-state index in [-0.39, 0.29) is 17.2 Å². The molecule has 3 heterocycles. The van der Waals surface area contributed by atoms with Crippen molar-refractivity contribution in [2.45, 2.75) is 24.6 Å². The molecule has 0 spiro atoms. The Hall–Kier alpha value is -1.43. The number of nitrogens with zero attached hydrogens (tertiary/aromatic N) is 3. The first-order valence-corrected chi connectivity index (χ1v) is 10.9. The molecule has 2 aliphatic rings. The first-order chi connectivity index (χ1) is 13.0. The van der Waals surface area contributed by atoms with Gasteiger partial charge in [0.05, 0.1) is 17.9 Å². The number of rotatable bonds is 2. The number of anilines is 1. The van der Waals surface area contributed by atoms with Gasteiger partial charge >= 0.3 is 0 Å². The quantitative estimate of drug-likeness (QED) is 0.716. The number of aromatic nitrogens is 1. The normalized spacial score (nSPS) is 22.5. The topological polar surface area (TPSA) is 36.4 Å². The predicted molar refractivity (Wildman–Crippen MR) is 113 cm³/mol. The lowest BCUT2D eigenvalue weighted by Gasteiger charge is -2.40. The maximum atomic E-state index is 13.3. The van der Waals surface area contributed by atoms with Gasteiger partial charge in [-0.2, -0.15) is 0 Å². The molecule has 1 aromatic heterocycles. The largest absolute Gasteiger partial charge is 0.368 e. The molecule has 2 aliphatic heterocycles. The zero-order chi connectivity index (χ0) is 19.0. The Labute approximate surface area is 173 Å². The van der Waals surface area contributed by atoms with Crippen LogP contribution in [-0.4, -0.2) is 46.4 Å². The number of benzene rings is 1. The Morgan fingerprint density at radius 3 is 2.93 bits per heavy atom. The van der Waals surface area contributed by atoms with Gasteiger partial charge in [-0.15, -0.1) is 11.8 Å². The second kappa shape index (κ2) is 7.90. The average molecular weight is 422 g/mol. The Morgan fingerprint density at radius 1 is 1.30 bits per heavy atom. The van der Waals surface area contributed by atoms with Gasteiger partial charge in [0.25, 0.3) is 0 Å². The van der Waals surface area contributed by atoms with Crippen LogP contribution in [0.25, 0.3) is 0 Å². The van der Waals surface area contributed by atoms with Crippen LogP contribution in [0.4, 0.5) is 5.69 Å². The van der Waals surface area contributed by atoms with E-state index in [2.05, 4.69) is 16.8 Å². The summed E-state index contributed by atoms with van der Waals surface area (Å²) in [5.74, 6) is 1.12. The van der Waals surface area contributed by atoms with E-state index in [1.807, 2.05) is 29.3 Å². The van der Waals surface area contributed by atoms with Crippen LogP contribution in [0.2, 0.25) is 10.0 Å². The van der Waals surface area contributed by atoms with Crippen molar-refractivity contribution < 1.29 is 4.79 Å². The van der Waals surface area contributed by atoms with Gasteiger partial charge in [0.1, 0.15) is 5.25 Å². The fraction of sp³-hybridized carbons (Fsp3) is 0.400. The van der Waals surface area contributed by atoms with Crippen LogP contribution in [-0.2, 0) is 11.2 Å². The molecule has 0 radical (unpaired) electrons. The first kappa shape index (κ1) is 18.9. The number of fused-ring (bicyclic) bond motifs is 1. The summed E-state index contributed by atoms with van der Waals surface area (Å²) >= 11 is 14.4. The standard InChI is InChI=1S/C20H21Cl2N3OS/c1-13-19-14(9-15(21)10-17(19)22)4-6-25(13)20(26)18-12-24(7-8-27-18)16-3-2-5-23-11-16/h2-3,5,9-11,13,18H,4,6-8,12H2,1H3/t13-,18+/m0/s1. The van der Waals surface area contributed by atoms with Crippen molar-refractivity contribution in [3.8, 4) is 0 Å². The zero-order valence-corrected chi connectivity index (χ0v) is 17.4. The van der Waals surface area contributed by atoms with Crippen molar-refractivity contribution >= 4 is 46.6 Å². The summed E-state index contributed by atoms with van der Waals surface area (Å²) in [6.07, 6.45) is 4.42. The van der Waals surface area contributed by atoms with Gasteiger partial charge in [0.2, 0.25) is 5.91 Å². The number of hydrogen-bond acceptors (Lipinski definition) is 4. The number of thioether (sulfide) groups is 1. The van der Waals surface area contributed by atoms with Crippen molar-refractivity contribution in [1.82, 2.24) is 9.88 Å². The van der Waals surface area contributed by atoms with Crippen molar-refractivity contribution in [1.29, 1.82) is 0 Å². The molecule has 0 N–H and O–H groups in total. The molecule has 0 aliphatic carbocycles. The number of pyridine rings is 1. The SMILES string of the molecule is C[C@H]1c2c(Cl)cc(Cl)cc2CCN1C(=O)[C@H]1CN(c2cccnc2)CCS1. The summed E-state index contributed by atoms with van der Waals surface area (Å²) in [7, 11) is 0. The number of carbonyl (C=O) groups is 1. The third kappa shape index (κ3) is 3.78. The van der Waals surface area contributed by atoms with E-state index in [9.17, 15) is 4.79 Å². The molecule has 0 unspecified atom stereocenters. The molecule has 0 bridgehead atoms. The maximum absolute atomic E-state index is 13.3. The van der Waals surface area contributed by atoms with Crippen LogP contribution in [0.15, 0.2) is 36.7 Å². The molecule has 1 saturated heterocycles. The lowest BCUT2D eigenvalue weighted by molar-refractivity contribution is -0.133. The minimum Gasteiger partial charge on any atom is -0.368 e. The van der Waals surface area contributed by atoms with Gasteiger partial charge in [-0.3, -0.25) is 9.78 Å². The van der Waals surface area contributed by atoms with Crippen LogP contribution in [0, 0.1) is 0 Å². The predicted octanol–water partition coefficient (Wildman–Crippen LogP) is 4.46. The minimum absolute atomic E-state index is 0.0413. The summed E-state index contributed by atoms with van der Waals surface area (Å²) in [6.45, 7) is 4.40. The van der Waals surface area contributed by atoms with Crippen LogP contribution >= 0.6 is 35.0 Å². The van der Waals surface area contributed by atoms with E-state index in [1.165, 1.54) is 0 Å². The fourth-order valence-corrected chi connectivity index (χ4v) is 5.83. The Bertz CT molecular complexity index is 849. The van der Waals surface area contributed by atoms with Gasteiger partial charge in [0.15, 0.2) is 0 Å². The van der Waals surface area contributed by atoms with E-state index in [0.717, 1.165) is 35.5 Å². The second-order valence-corrected chi connectivity index (χ2v) is 9.09. The van der Waals surface area contributed by atoms with Gasteiger partial charge in [-0.05, 0) is 48.7 Å². The highest BCUT2D eigenvalue weighted by Gasteiger charge is 2.35. The van der Waals surface area contributed by atoms with Crippen molar-refractivity contribution in [2.75, 3.05) is 30.3 Å². The number of carbonyl (C=O) groups excluding carboxylic acids is 1. The summed E-state index contributed by atoms with van der Waals surface area (Å²) in [5.41, 5.74) is 3.26. The monoisotopic (exact) mass is 421 g/mol. The third-order valence-corrected chi connectivity index (χ3v) is 7.03. The fourth-order valence-electron chi connectivity index (χ4n) is 3.96. The summed E-state index contributed by atoms with van der Waals surface area (Å²) in [5, 5.41) is 1.23. The Kier molecular flexibility index (Phi) is 5.53. The molecular weight excluding hydrogens is 401 g/mol. The van der Waals surface area contributed by atoms with Crippen LogP contribution in [0.3, 0.4) is 0 Å². The van der Waals surface area contributed by atoms with Crippen LogP contribution in [0.5, 0.6) is 0 Å². The lowest BCUT2D eigenvalue weighted by Crippen LogP contribution is -2.49. The first-order valence-electron chi connectivity index (χ1n) is 9.09. The summed E-state index contributed by atoms with van der Waals surface area (Å²) < 4.78 is 0. The molecule has 1 amide bonds. The second-order valence-electron chi connectivity index (χ2n) is 6.93. The highest BCUT2D eigenvalue weighted by molar-refractivity contribution is 8.00. The zero-order valence-electron chi connectivity index (χ0n) is 15.1. The molecule has 4 nitrogen and oxygen atoms in total. The highest BCUT2D eigenvalue weighted by atomic mass is 35.5. The molecule has 4 rings (SSSR count). The van der Waals surface area contributed by atoms with Crippen molar-refractivity contribution in [3.05, 3.63) is 57.8 Å². The minimum atomic E-state index is -0.0750. The Morgan fingerprint density at radius 2 is 2.15 bits per heavy atom. The third-order valence-electron chi connectivity index (χ3n) is 5.32. The van der Waals surface area contributed by atoms with E-state index >= 15 is 0 Å². The molecule has 2 aromatic rings. The molecule has 1 aromatic carbocycles. The number of amides is 1.